The molecule has 7 heteroatoms. The molecule has 24 heavy (non-hydrogen) atoms. The van der Waals surface area contributed by atoms with Gasteiger partial charge in [0.1, 0.15) is 10.6 Å². The topological polar surface area (TPSA) is 86.7 Å². The zero-order chi connectivity index (χ0) is 17.7. The van der Waals surface area contributed by atoms with E-state index in [0.717, 1.165) is 0 Å². The van der Waals surface area contributed by atoms with Crippen LogP contribution in [0.3, 0.4) is 0 Å². The number of benzene rings is 2. The quantitative estimate of drug-likeness (QED) is 0.452. The molecule has 0 N–H and O–H groups in total. The Bertz CT molecular complexity index is 836. The largest absolute Gasteiger partial charge is 0.469 e. The minimum absolute atomic E-state index is 0.0499. The van der Waals surface area contributed by atoms with Gasteiger partial charge in [-0.3, -0.25) is 9.59 Å². The highest BCUT2D eigenvalue weighted by molar-refractivity contribution is 7.87. The van der Waals surface area contributed by atoms with Gasteiger partial charge in [0, 0.05) is 5.56 Å². The normalized spacial score (nSPS) is 10.9. The van der Waals surface area contributed by atoms with Crippen LogP contribution in [-0.2, 0) is 26.1 Å². The van der Waals surface area contributed by atoms with E-state index in [1.165, 1.54) is 50.4 Å². The van der Waals surface area contributed by atoms with E-state index in [0.29, 0.717) is 11.1 Å². The number of esters is 1. The predicted octanol–water partition coefficient (Wildman–Crippen LogP) is 2.37. The fourth-order valence-electron chi connectivity index (χ4n) is 1.93. The van der Waals surface area contributed by atoms with Crippen molar-refractivity contribution in [2.24, 2.45) is 0 Å². The molecule has 2 aromatic rings. The van der Waals surface area contributed by atoms with Gasteiger partial charge in [0.2, 0.25) is 0 Å². The highest BCUT2D eigenvalue weighted by Gasteiger charge is 2.17. The molecule has 0 spiro atoms. The number of Topliss-reactive ketones (excluding diaryl/α,β-unsaturated/α-hetero) is 1. The standard InChI is InChI=1S/C17H16O6S/c1-12(18)14-5-9-16(10-6-14)24(20,21)23-15-7-3-13(4-8-15)11-17(19)22-2/h3-10H,11H2,1-2H3. The molecule has 0 saturated carbocycles. The Kier molecular flexibility index (Phi) is 5.35. The van der Waals surface area contributed by atoms with E-state index in [2.05, 4.69) is 4.74 Å². The van der Waals surface area contributed by atoms with Crippen LogP contribution in [0.5, 0.6) is 5.75 Å². The second-order valence-corrected chi connectivity index (χ2v) is 6.56. The number of rotatable bonds is 6. The summed E-state index contributed by atoms with van der Waals surface area (Å²) in [5, 5.41) is 0. The van der Waals surface area contributed by atoms with Crippen LogP contribution >= 0.6 is 0 Å². The van der Waals surface area contributed by atoms with E-state index in [-0.39, 0.29) is 28.8 Å². The van der Waals surface area contributed by atoms with Crippen molar-refractivity contribution in [3.05, 3.63) is 59.7 Å². The van der Waals surface area contributed by atoms with Crippen molar-refractivity contribution >= 4 is 21.9 Å². The van der Waals surface area contributed by atoms with Crippen molar-refractivity contribution in [3.63, 3.8) is 0 Å². The van der Waals surface area contributed by atoms with Gasteiger partial charge < -0.3 is 8.92 Å². The van der Waals surface area contributed by atoms with Gasteiger partial charge >= 0.3 is 16.1 Å². The highest BCUT2D eigenvalue weighted by Crippen LogP contribution is 2.20. The Morgan fingerprint density at radius 2 is 1.54 bits per heavy atom. The summed E-state index contributed by atoms with van der Waals surface area (Å²) in [5.41, 5.74) is 1.10. The molecule has 2 rings (SSSR count). The molecular weight excluding hydrogens is 332 g/mol. The van der Waals surface area contributed by atoms with Gasteiger partial charge in [0.25, 0.3) is 0 Å². The van der Waals surface area contributed by atoms with Crippen molar-refractivity contribution in [2.75, 3.05) is 7.11 Å². The fraction of sp³-hybridized carbons (Fsp3) is 0.176. The molecule has 0 atom stereocenters. The monoisotopic (exact) mass is 348 g/mol. The molecule has 126 valence electrons. The number of hydrogen-bond acceptors (Lipinski definition) is 6. The molecule has 0 amide bonds. The summed E-state index contributed by atoms with van der Waals surface area (Å²) in [7, 11) is -2.70. The highest BCUT2D eigenvalue weighted by atomic mass is 32.2. The summed E-state index contributed by atoms with van der Waals surface area (Å²) in [6, 6.07) is 11.6. The van der Waals surface area contributed by atoms with E-state index in [4.69, 9.17) is 4.18 Å². The number of carbonyl (C=O) groups excluding carboxylic acids is 2. The molecule has 0 heterocycles. The Morgan fingerprint density at radius 1 is 0.958 bits per heavy atom. The van der Waals surface area contributed by atoms with Gasteiger partial charge in [-0.2, -0.15) is 8.42 Å². The third-order valence-electron chi connectivity index (χ3n) is 3.25. The Labute approximate surface area is 140 Å². The van der Waals surface area contributed by atoms with Crippen molar-refractivity contribution < 1.29 is 26.9 Å². The summed E-state index contributed by atoms with van der Waals surface area (Å²) in [6.07, 6.45) is 0.0933. The van der Waals surface area contributed by atoms with Crippen LogP contribution in [0.15, 0.2) is 53.4 Å². The first-order chi connectivity index (χ1) is 11.3. The van der Waals surface area contributed by atoms with Crippen LogP contribution in [-0.4, -0.2) is 27.3 Å². The molecule has 2 aromatic carbocycles. The van der Waals surface area contributed by atoms with E-state index in [9.17, 15) is 18.0 Å². The minimum atomic E-state index is -4.00. The van der Waals surface area contributed by atoms with Crippen LogP contribution in [0.25, 0.3) is 0 Å². The molecule has 0 unspecified atom stereocenters. The maximum atomic E-state index is 12.2. The van der Waals surface area contributed by atoms with E-state index in [1.54, 1.807) is 12.1 Å². The van der Waals surface area contributed by atoms with Crippen LogP contribution < -0.4 is 4.18 Å². The molecule has 0 aliphatic heterocycles. The maximum Gasteiger partial charge on any atom is 0.339 e. The number of methoxy groups -OCH3 is 1. The summed E-state index contributed by atoms with van der Waals surface area (Å²) in [5.74, 6) is -0.415. The number of hydrogen-bond donors (Lipinski definition) is 0. The van der Waals surface area contributed by atoms with E-state index >= 15 is 0 Å². The maximum absolute atomic E-state index is 12.2. The zero-order valence-corrected chi connectivity index (χ0v) is 14.0. The first kappa shape index (κ1) is 17.7. The molecule has 0 aliphatic rings. The Balaban J connectivity index is 2.13. The molecule has 0 aliphatic carbocycles. The van der Waals surface area contributed by atoms with Gasteiger partial charge in [0.05, 0.1) is 13.5 Å². The van der Waals surface area contributed by atoms with Crippen LogP contribution in [0.2, 0.25) is 0 Å². The molecule has 0 aromatic heterocycles. The second-order valence-electron chi connectivity index (χ2n) is 5.01. The SMILES string of the molecule is COC(=O)Cc1ccc(OS(=O)(=O)c2ccc(C(C)=O)cc2)cc1. The molecule has 0 fully saturated rings. The Morgan fingerprint density at radius 3 is 2.04 bits per heavy atom. The molecule has 0 bridgehead atoms. The van der Waals surface area contributed by atoms with Gasteiger partial charge in [0.15, 0.2) is 5.78 Å². The molecule has 6 nitrogen and oxygen atoms in total. The minimum Gasteiger partial charge on any atom is -0.469 e. The number of ketones is 1. The van der Waals surface area contributed by atoms with Crippen LogP contribution in [0.1, 0.15) is 22.8 Å². The van der Waals surface area contributed by atoms with Crippen LogP contribution in [0.4, 0.5) is 0 Å². The first-order valence-electron chi connectivity index (χ1n) is 7.03. The first-order valence-corrected chi connectivity index (χ1v) is 8.44. The number of ether oxygens (including phenoxy) is 1. The fourth-order valence-corrected chi connectivity index (χ4v) is 2.86. The summed E-state index contributed by atoms with van der Waals surface area (Å²) < 4.78 is 34.0. The predicted molar refractivity (Wildman–Crippen MR) is 86.4 cm³/mol. The average molecular weight is 348 g/mol. The molecule has 0 radical (unpaired) electrons. The second kappa shape index (κ2) is 7.27. The summed E-state index contributed by atoms with van der Waals surface area (Å²) in [6.45, 7) is 1.40. The van der Waals surface area contributed by atoms with Crippen LogP contribution in [0, 0.1) is 0 Å². The third-order valence-corrected chi connectivity index (χ3v) is 4.52. The summed E-state index contributed by atoms with van der Waals surface area (Å²) >= 11 is 0. The average Bonchev–Trinajstić information content (AvgIpc) is 2.56. The lowest BCUT2D eigenvalue weighted by Gasteiger charge is -2.08. The van der Waals surface area contributed by atoms with Gasteiger partial charge in [-0.25, -0.2) is 0 Å². The van der Waals surface area contributed by atoms with Crippen molar-refractivity contribution in [1.82, 2.24) is 0 Å². The zero-order valence-electron chi connectivity index (χ0n) is 13.2. The van der Waals surface area contributed by atoms with Crippen molar-refractivity contribution in [1.29, 1.82) is 0 Å². The molecular formula is C17H16O6S. The lowest BCUT2D eigenvalue weighted by molar-refractivity contribution is -0.139. The molecule has 0 saturated heterocycles. The smallest absolute Gasteiger partial charge is 0.339 e. The van der Waals surface area contributed by atoms with E-state index < -0.39 is 10.1 Å². The van der Waals surface area contributed by atoms with Gasteiger partial charge in [-0.15, -0.1) is 0 Å². The van der Waals surface area contributed by atoms with E-state index in [1.807, 2.05) is 0 Å². The number of carbonyl (C=O) groups is 2. The van der Waals surface area contributed by atoms with Crippen molar-refractivity contribution in [2.45, 2.75) is 18.2 Å². The lowest BCUT2D eigenvalue weighted by Crippen LogP contribution is -2.10. The van der Waals surface area contributed by atoms with Crippen molar-refractivity contribution in [3.8, 4) is 5.75 Å². The van der Waals surface area contributed by atoms with Gasteiger partial charge in [-0.05, 0) is 36.8 Å². The third kappa shape index (κ3) is 4.42. The summed E-state index contributed by atoms with van der Waals surface area (Å²) in [4.78, 5) is 22.3. The van der Waals surface area contributed by atoms with Gasteiger partial charge in [-0.1, -0.05) is 24.3 Å². The Hall–Kier alpha value is -2.67. The lowest BCUT2D eigenvalue weighted by atomic mass is 10.1.